The van der Waals surface area contributed by atoms with Crippen molar-refractivity contribution in [1.82, 2.24) is 4.98 Å². The van der Waals surface area contributed by atoms with Gasteiger partial charge in [-0.25, -0.2) is 4.39 Å². The first kappa shape index (κ1) is 13.0. The van der Waals surface area contributed by atoms with Crippen molar-refractivity contribution in [3.05, 3.63) is 59.7 Å². The van der Waals surface area contributed by atoms with Gasteiger partial charge in [-0.2, -0.15) is 0 Å². The van der Waals surface area contributed by atoms with E-state index in [9.17, 15) is 4.39 Å². The van der Waals surface area contributed by atoms with Crippen LogP contribution in [0.1, 0.15) is 11.3 Å². The third kappa shape index (κ3) is 2.88. The number of nitrogens with two attached hydrogens (primary N) is 1. The molecule has 0 aliphatic carbocycles. The number of amidine groups is 1. The fraction of sp³-hybridized carbons (Fsp3) is 0.143. The summed E-state index contributed by atoms with van der Waals surface area (Å²) in [4.78, 5) is 6.04. The Hall–Kier alpha value is -2.43. The predicted octanol–water partition coefficient (Wildman–Crippen LogP) is 2.14. The molecule has 4 nitrogen and oxygen atoms in total. The molecule has 0 saturated heterocycles. The first-order chi connectivity index (χ1) is 9.09. The molecule has 1 aromatic carbocycles. The maximum atomic E-state index is 13.7. The number of nitrogens with one attached hydrogen (secondary N) is 1. The van der Waals surface area contributed by atoms with Crippen LogP contribution in [-0.2, 0) is 6.54 Å². The molecule has 0 aliphatic heterocycles. The zero-order valence-electron chi connectivity index (χ0n) is 10.6. The monoisotopic (exact) mass is 258 g/mol. The van der Waals surface area contributed by atoms with Gasteiger partial charge in [0.05, 0.1) is 23.5 Å². The number of benzene rings is 1. The molecule has 1 aromatic heterocycles. The van der Waals surface area contributed by atoms with Gasteiger partial charge >= 0.3 is 0 Å². The summed E-state index contributed by atoms with van der Waals surface area (Å²) >= 11 is 0. The number of hydrogen-bond acceptors (Lipinski definition) is 3. The molecule has 0 bridgehead atoms. The first-order valence-electron chi connectivity index (χ1n) is 5.83. The average molecular weight is 258 g/mol. The molecule has 19 heavy (non-hydrogen) atoms. The van der Waals surface area contributed by atoms with Crippen LogP contribution in [0.5, 0.6) is 0 Å². The second-order valence-electron chi connectivity index (χ2n) is 4.22. The summed E-state index contributed by atoms with van der Waals surface area (Å²) in [5, 5.41) is 7.49. The number of nitrogens with zero attached hydrogens (tertiary/aromatic N) is 2. The smallest absolute Gasteiger partial charge is 0.136 e. The minimum atomic E-state index is -0.488. The van der Waals surface area contributed by atoms with Crippen molar-refractivity contribution >= 4 is 11.5 Å². The zero-order valence-corrected chi connectivity index (χ0v) is 10.6. The molecule has 0 aliphatic rings. The van der Waals surface area contributed by atoms with Crippen molar-refractivity contribution in [2.45, 2.75) is 6.54 Å². The Bertz CT molecular complexity index is 583. The number of hydrogen-bond donors (Lipinski definition) is 2. The third-order valence-electron chi connectivity index (χ3n) is 2.80. The Balaban J connectivity index is 2.31. The van der Waals surface area contributed by atoms with Gasteiger partial charge in [0.25, 0.3) is 0 Å². The van der Waals surface area contributed by atoms with Crippen LogP contribution in [0.4, 0.5) is 10.1 Å². The van der Waals surface area contributed by atoms with Crippen molar-refractivity contribution in [3.8, 4) is 0 Å². The van der Waals surface area contributed by atoms with E-state index >= 15 is 0 Å². The lowest BCUT2D eigenvalue weighted by molar-refractivity contribution is 0.624. The number of anilines is 1. The molecule has 3 N–H and O–H groups in total. The van der Waals surface area contributed by atoms with E-state index in [1.165, 1.54) is 6.07 Å². The molecule has 0 atom stereocenters. The lowest BCUT2D eigenvalue weighted by atomic mass is 10.1. The summed E-state index contributed by atoms with van der Waals surface area (Å²) in [7, 11) is 1.82. The summed E-state index contributed by atoms with van der Waals surface area (Å²) < 4.78 is 13.7. The fourth-order valence-electron chi connectivity index (χ4n) is 1.92. The average Bonchev–Trinajstić information content (AvgIpc) is 2.39. The normalized spacial score (nSPS) is 10.2. The Kier molecular flexibility index (Phi) is 3.75. The topological polar surface area (TPSA) is 66.0 Å². The Morgan fingerprint density at radius 3 is 2.74 bits per heavy atom. The van der Waals surface area contributed by atoms with Crippen molar-refractivity contribution in [2.75, 3.05) is 11.9 Å². The largest absolute Gasteiger partial charge is 0.384 e. The van der Waals surface area contributed by atoms with E-state index in [-0.39, 0.29) is 11.4 Å². The lowest BCUT2D eigenvalue weighted by Gasteiger charge is -2.22. The molecule has 0 saturated carbocycles. The maximum Gasteiger partial charge on any atom is 0.136 e. The molecule has 0 radical (unpaired) electrons. The Morgan fingerprint density at radius 1 is 1.32 bits per heavy atom. The van der Waals surface area contributed by atoms with E-state index in [0.29, 0.717) is 12.2 Å². The van der Waals surface area contributed by atoms with Gasteiger partial charge in [-0.15, -0.1) is 0 Å². The standard InChI is InChI=1S/C14H15FN4/c1-19(9-10-5-2-3-8-18-10)12-7-4-6-11(15)13(12)14(16)17/h2-8H,9H2,1H3,(H3,16,17). The van der Waals surface area contributed by atoms with E-state index in [4.69, 9.17) is 11.1 Å². The second-order valence-corrected chi connectivity index (χ2v) is 4.22. The van der Waals surface area contributed by atoms with E-state index in [1.807, 2.05) is 30.1 Å². The van der Waals surface area contributed by atoms with Gasteiger partial charge in [0.1, 0.15) is 11.7 Å². The highest BCUT2D eigenvalue weighted by Gasteiger charge is 2.14. The number of nitrogen functional groups attached to an aromatic ring is 1. The van der Waals surface area contributed by atoms with Crippen LogP contribution in [0.2, 0.25) is 0 Å². The van der Waals surface area contributed by atoms with Crippen LogP contribution in [0.25, 0.3) is 0 Å². The number of rotatable bonds is 4. The summed E-state index contributed by atoms with van der Waals surface area (Å²) in [5.41, 5.74) is 7.02. The highest BCUT2D eigenvalue weighted by molar-refractivity contribution is 6.00. The minimum absolute atomic E-state index is 0.126. The number of pyridine rings is 1. The molecule has 0 spiro atoms. The Labute approximate surface area is 111 Å². The van der Waals surface area contributed by atoms with Gasteiger partial charge in [0.15, 0.2) is 0 Å². The van der Waals surface area contributed by atoms with Gasteiger partial charge in [-0.1, -0.05) is 12.1 Å². The van der Waals surface area contributed by atoms with E-state index in [1.54, 1.807) is 18.3 Å². The van der Waals surface area contributed by atoms with E-state index in [0.717, 1.165) is 5.69 Å². The van der Waals surface area contributed by atoms with Crippen molar-refractivity contribution in [2.24, 2.45) is 5.73 Å². The van der Waals surface area contributed by atoms with E-state index in [2.05, 4.69) is 4.98 Å². The van der Waals surface area contributed by atoms with Crippen LogP contribution in [-0.4, -0.2) is 17.9 Å². The van der Waals surface area contributed by atoms with Crippen LogP contribution in [0.15, 0.2) is 42.6 Å². The van der Waals surface area contributed by atoms with Gasteiger partial charge < -0.3 is 10.6 Å². The quantitative estimate of drug-likeness (QED) is 0.652. The predicted molar refractivity (Wildman–Crippen MR) is 73.8 cm³/mol. The lowest BCUT2D eigenvalue weighted by Crippen LogP contribution is -2.23. The number of aromatic nitrogens is 1. The first-order valence-corrected chi connectivity index (χ1v) is 5.83. The SMILES string of the molecule is CN(Cc1ccccn1)c1cccc(F)c1C(=N)N. The Morgan fingerprint density at radius 2 is 2.11 bits per heavy atom. The molecule has 0 fully saturated rings. The van der Waals surface area contributed by atoms with Crippen molar-refractivity contribution in [3.63, 3.8) is 0 Å². The van der Waals surface area contributed by atoms with Crippen LogP contribution >= 0.6 is 0 Å². The van der Waals surface area contributed by atoms with Crippen molar-refractivity contribution in [1.29, 1.82) is 5.41 Å². The minimum Gasteiger partial charge on any atom is -0.384 e. The maximum absolute atomic E-state index is 13.7. The molecule has 5 heteroatoms. The van der Waals surface area contributed by atoms with E-state index < -0.39 is 5.82 Å². The highest BCUT2D eigenvalue weighted by Crippen LogP contribution is 2.22. The van der Waals surface area contributed by atoms with Gasteiger partial charge in [0, 0.05) is 13.2 Å². The fourth-order valence-corrected chi connectivity index (χ4v) is 1.92. The van der Waals surface area contributed by atoms with Crippen LogP contribution in [0.3, 0.4) is 0 Å². The second kappa shape index (κ2) is 5.48. The van der Waals surface area contributed by atoms with Crippen LogP contribution in [0, 0.1) is 11.2 Å². The van der Waals surface area contributed by atoms with Crippen LogP contribution < -0.4 is 10.6 Å². The molecule has 2 rings (SSSR count). The molecule has 0 unspecified atom stereocenters. The summed E-state index contributed by atoms with van der Waals surface area (Å²) in [6.07, 6.45) is 1.71. The summed E-state index contributed by atoms with van der Waals surface area (Å²) in [6, 6.07) is 10.3. The zero-order chi connectivity index (χ0) is 13.8. The highest BCUT2D eigenvalue weighted by atomic mass is 19.1. The number of halogens is 1. The molecule has 1 heterocycles. The van der Waals surface area contributed by atoms with Crippen molar-refractivity contribution < 1.29 is 4.39 Å². The molecule has 0 amide bonds. The summed E-state index contributed by atoms with van der Waals surface area (Å²) in [5.74, 6) is -0.765. The van der Waals surface area contributed by atoms with Gasteiger partial charge in [-0.3, -0.25) is 10.4 Å². The molecular weight excluding hydrogens is 243 g/mol. The molecule has 2 aromatic rings. The van der Waals surface area contributed by atoms with Gasteiger partial charge in [0.2, 0.25) is 0 Å². The molecular formula is C14H15FN4. The summed E-state index contributed by atoms with van der Waals surface area (Å²) in [6.45, 7) is 0.518. The third-order valence-corrected chi connectivity index (χ3v) is 2.80. The molecule has 98 valence electrons. The van der Waals surface area contributed by atoms with Gasteiger partial charge in [-0.05, 0) is 24.3 Å².